The Hall–Kier alpha value is -1.47. The molecule has 0 unspecified atom stereocenters. The molecule has 0 aliphatic heterocycles. The first kappa shape index (κ1) is 10.6. The Labute approximate surface area is 78.3 Å². The van der Waals surface area contributed by atoms with Gasteiger partial charge in [0.2, 0.25) is 6.41 Å². The van der Waals surface area contributed by atoms with Crippen LogP contribution in [-0.2, 0) is 4.79 Å². The fraction of sp³-hybridized carbons (Fsp3) is 0. The molecule has 0 radical (unpaired) electrons. The fourth-order valence-electron chi connectivity index (χ4n) is 0.938. The third-order valence-corrected chi connectivity index (χ3v) is 1.58. The van der Waals surface area contributed by atoms with Crippen LogP contribution < -0.4 is 10.8 Å². The number of hydrogen-bond acceptors (Lipinski definition) is 3. The Bertz CT molecular complexity index is 359. The van der Waals surface area contributed by atoms with Crippen LogP contribution in [0.1, 0.15) is 0 Å². The molecule has 1 amide bonds. The van der Waals surface area contributed by atoms with Crippen molar-refractivity contribution in [3.63, 3.8) is 0 Å². The van der Waals surface area contributed by atoms with E-state index in [1.165, 1.54) is 0 Å². The van der Waals surface area contributed by atoms with Crippen LogP contribution >= 0.6 is 0 Å². The van der Waals surface area contributed by atoms with E-state index < -0.39 is 24.2 Å². The van der Waals surface area contributed by atoms with Crippen molar-refractivity contribution < 1.29 is 23.6 Å². The van der Waals surface area contributed by atoms with E-state index in [4.69, 9.17) is 10.0 Å². The smallest absolute Gasteiger partial charge is 0.423 e. The van der Waals surface area contributed by atoms with Crippen LogP contribution in [0, 0.1) is 11.6 Å². The Balaban J connectivity index is 3.19. The van der Waals surface area contributed by atoms with E-state index in [0.29, 0.717) is 6.07 Å². The molecular weight excluding hydrogens is 195 g/mol. The Morgan fingerprint density at radius 2 is 1.93 bits per heavy atom. The molecular formula is C7H6BF2NO3. The number of nitrogens with one attached hydrogen (secondary N) is 1. The molecule has 0 atom stereocenters. The monoisotopic (exact) mass is 201 g/mol. The summed E-state index contributed by atoms with van der Waals surface area (Å²) in [5.74, 6) is -2.08. The van der Waals surface area contributed by atoms with Crippen LogP contribution in [0.3, 0.4) is 0 Å². The highest BCUT2D eigenvalue weighted by Gasteiger charge is 2.19. The van der Waals surface area contributed by atoms with Gasteiger partial charge in [-0.3, -0.25) is 4.79 Å². The molecule has 0 saturated carbocycles. The van der Waals surface area contributed by atoms with Gasteiger partial charge in [0.25, 0.3) is 0 Å². The molecule has 1 rings (SSSR count). The first-order valence-corrected chi connectivity index (χ1v) is 3.61. The summed E-state index contributed by atoms with van der Waals surface area (Å²) in [4.78, 5) is 10.00. The summed E-state index contributed by atoms with van der Waals surface area (Å²) in [5.41, 5.74) is -0.819. The number of halogens is 2. The minimum Gasteiger partial charge on any atom is -0.423 e. The van der Waals surface area contributed by atoms with Gasteiger partial charge in [-0.1, -0.05) is 0 Å². The SMILES string of the molecule is O=CNc1cc(B(O)O)c(F)cc1F. The van der Waals surface area contributed by atoms with E-state index in [1.807, 2.05) is 5.32 Å². The molecule has 0 spiro atoms. The van der Waals surface area contributed by atoms with Crippen LogP contribution in [-0.4, -0.2) is 23.6 Å². The first-order chi connectivity index (χ1) is 6.56. The Kier molecular flexibility index (Phi) is 3.16. The van der Waals surface area contributed by atoms with Gasteiger partial charge in [-0.25, -0.2) is 8.78 Å². The second-order valence-electron chi connectivity index (χ2n) is 2.49. The van der Waals surface area contributed by atoms with Crippen LogP contribution in [0.5, 0.6) is 0 Å². The molecule has 1 aromatic carbocycles. The average molecular weight is 201 g/mol. The molecule has 0 aliphatic carbocycles. The number of carbonyl (C=O) groups is 1. The lowest BCUT2D eigenvalue weighted by Gasteiger charge is -2.06. The summed E-state index contributed by atoms with van der Waals surface area (Å²) < 4.78 is 25.7. The van der Waals surface area contributed by atoms with Gasteiger partial charge in [0.05, 0.1) is 5.69 Å². The Morgan fingerprint density at radius 3 is 2.43 bits per heavy atom. The van der Waals surface area contributed by atoms with E-state index in [2.05, 4.69) is 0 Å². The number of amides is 1. The number of rotatable bonds is 3. The topological polar surface area (TPSA) is 69.6 Å². The van der Waals surface area contributed by atoms with E-state index in [9.17, 15) is 13.6 Å². The zero-order valence-corrected chi connectivity index (χ0v) is 6.87. The van der Waals surface area contributed by atoms with Gasteiger partial charge in [-0.05, 0) is 6.07 Å². The van der Waals surface area contributed by atoms with Crippen molar-refractivity contribution in [2.75, 3.05) is 5.32 Å². The molecule has 74 valence electrons. The second kappa shape index (κ2) is 4.16. The quantitative estimate of drug-likeness (QED) is 0.443. The number of carbonyl (C=O) groups excluding carboxylic acids is 1. The summed E-state index contributed by atoms with van der Waals surface area (Å²) in [6.07, 6.45) is 0.198. The minimum atomic E-state index is -2.05. The van der Waals surface area contributed by atoms with Crippen LogP contribution in [0.4, 0.5) is 14.5 Å². The van der Waals surface area contributed by atoms with Crippen molar-refractivity contribution in [1.29, 1.82) is 0 Å². The molecule has 0 aromatic heterocycles. The lowest BCUT2D eigenvalue weighted by molar-refractivity contribution is -0.105. The molecule has 7 heteroatoms. The van der Waals surface area contributed by atoms with Crippen LogP contribution in [0.15, 0.2) is 12.1 Å². The lowest BCUT2D eigenvalue weighted by Crippen LogP contribution is -2.33. The van der Waals surface area contributed by atoms with Crippen LogP contribution in [0.2, 0.25) is 0 Å². The van der Waals surface area contributed by atoms with Gasteiger partial charge in [0.15, 0.2) is 0 Å². The molecule has 0 heterocycles. The van der Waals surface area contributed by atoms with Crippen molar-refractivity contribution in [1.82, 2.24) is 0 Å². The van der Waals surface area contributed by atoms with Gasteiger partial charge >= 0.3 is 7.12 Å². The van der Waals surface area contributed by atoms with Crippen molar-refractivity contribution in [3.05, 3.63) is 23.8 Å². The zero-order valence-electron chi connectivity index (χ0n) is 6.87. The van der Waals surface area contributed by atoms with Gasteiger partial charge in [-0.15, -0.1) is 0 Å². The van der Waals surface area contributed by atoms with Gasteiger partial charge < -0.3 is 15.4 Å². The molecule has 4 nitrogen and oxygen atoms in total. The fourth-order valence-corrected chi connectivity index (χ4v) is 0.938. The van der Waals surface area contributed by atoms with Gasteiger partial charge in [0.1, 0.15) is 11.6 Å². The number of hydrogen-bond donors (Lipinski definition) is 3. The summed E-state index contributed by atoms with van der Waals surface area (Å²) in [6, 6.07) is 1.27. The molecule has 3 N–H and O–H groups in total. The van der Waals surface area contributed by atoms with E-state index in [0.717, 1.165) is 6.07 Å². The van der Waals surface area contributed by atoms with Gasteiger partial charge in [0, 0.05) is 11.5 Å². The molecule has 0 saturated heterocycles. The van der Waals surface area contributed by atoms with Crippen LogP contribution in [0.25, 0.3) is 0 Å². The molecule has 0 fully saturated rings. The maximum Gasteiger partial charge on any atom is 0.491 e. The highest BCUT2D eigenvalue weighted by molar-refractivity contribution is 6.58. The first-order valence-electron chi connectivity index (χ1n) is 3.61. The predicted octanol–water partition coefficient (Wildman–Crippen LogP) is -0.787. The normalized spacial score (nSPS) is 9.71. The van der Waals surface area contributed by atoms with Gasteiger partial charge in [-0.2, -0.15) is 0 Å². The summed E-state index contributed by atoms with van der Waals surface area (Å²) in [6.45, 7) is 0. The average Bonchev–Trinajstić information content (AvgIpc) is 2.09. The number of benzene rings is 1. The third kappa shape index (κ3) is 2.07. The summed E-state index contributed by atoms with van der Waals surface area (Å²) in [7, 11) is -2.05. The highest BCUT2D eigenvalue weighted by atomic mass is 19.1. The summed E-state index contributed by atoms with van der Waals surface area (Å²) >= 11 is 0. The largest absolute Gasteiger partial charge is 0.491 e. The number of anilines is 1. The molecule has 14 heavy (non-hydrogen) atoms. The third-order valence-electron chi connectivity index (χ3n) is 1.58. The van der Waals surface area contributed by atoms with Crippen molar-refractivity contribution in [2.24, 2.45) is 0 Å². The predicted molar refractivity (Wildman–Crippen MR) is 45.9 cm³/mol. The standard InChI is InChI=1S/C7H6BF2NO3/c9-5-2-6(10)7(11-3-12)1-4(5)8(13)14/h1-3,13-14H,(H,11,12). The zero-order chi connectivity index (χ0) is 10.7. The highest BCUT2D eigenvalue weighted by Crippen LogP contribution is 2.12. The van der Waals surface area contributed by atoms with Crippen molar-refractivity contribution in [2.45, 2.75) is 0 Å². The minimum absolute atomic E-state index is 0.198. The van der Waals surface area contributed by atoms with E-state index in [-0.39, 0.29) is 12.1 Å². The van der Waals surface area contributed by atoms with Crippen molar-refractivity contribution >= 4 is 24.7 Å². The van der Waals surface area contributed by atoms with E-state index >= 15 is 0 Å². The Morgan fingerprint density at radius 1 is 1.29 bits per heavy atom. The lowest BCUT2D eigenvalue weighted by atomic mass is 9.79. The maximum absolute atomic E-state index is 12.9. The molecule has 1 aromatic rings. The second-order valence-corrected chi connectivity index (χ2v) is 2.49. The van der Waals surface area contributed by atoms with Crippen molar-refractivity contribution in [3.8, 4) is 0 Å². The molecule has 0 aliphatic rings. The van der Waals surface area contributed by atoms with E-state index in [1.54, 1.807) is 0 Å². The molecule has 0 bridgehead atoms. The summed E-state index contributed by atoms with van der Waals surface area (Å²) in [5, 5.41) is 19.3. The maximum atomic E-state index is 12.9.